The van der Waals surface area contributed by atoms with Crippen LogP contribution >= 0.6 is 0 Å². The number of nitrogens with zero attached hydrogens (tertiary/aromatic N) is 4. The van der Waals surface area contributed by atoms with Crippen LogP contribution in [0.4, 0.5) is 18.0 Å². The van der Waals surface area contributed by atoms with Crippen LogP contribution in [0.5, 0.6) is 0 Å². The van der Waals surface area contributed by atoms with Crippen molar-refractivity contribution in [2.45, 2.75) is 70.1 Å². The van der Waals surface area contributed by atoms with Crippen LogP contribution in [0.25, 0.3) is 11.4 Å². The highest BCUT2D eigenvalue weighted by Crippen LogP contribution is 2.38. The molecule has 3 aromatic rings. The van der Waals surface area contributed by atoms with Gasteiger partial charge in [-0.1, -0.05) is 74.5 Å². The normalized spacial score (nSPS) is 17.4. The van der Waals surface area contributed by atoms with Gasteiger partial charge in [0.2, 0.25) is 5.82 Å². The number of carbonyl (C=O) groups is 1. The second-order valence-electron chi connectivity index (χ2n) is 12.3. The lowest BCUT2D eigenvalue weighted by Gasteiger charge is -2.38. The van der Waals surface area contributed by atoms with Gasteiger partial charge in [-0.15, -0.1) is 0 Å². The van der Waals surface area contributed by atoms with Crippen molar-refractivity contribution >= 4 is 14.4 Å². The molecule has 1 aromatic heterocycles. The Hall–Kier alpha value is -3.22. The monoisotopic (exact) mass is 604 g/mol. The standard InChI is InChI=1S/C30H39F3N4O4Si/c1-29(2,3)42(4,5)41-24-15-16-36(19-24)20-25(37(28(38)39)17-14-21-10-7-6-8-11-21)22-12-9-13-23(18-22)26-34-27(40-35-26)30(31,32)33/h6-13,18,24-25H,14-17,19-20H2,1-5H3,(H,38,39)/t24-,25+/m0/s1. The highest BCUT2D eigenvalue weighted by Gasteiger charge is 2.41. The number of alkyl halides is 3. The van der Waals surface area contributed by atoms with Gasteiger partial charge >= 0.3 is 18.2 Å². The molecule has 2 aromatic carbocycles. The summed E-state index contributed by atoms with van der Waals surface area (Å²) < 4.78 is 50.3. The molecule has 2 heterocycles. The Morgan fingerprint density at radius 1 is 1.17 bits per heavy atom. The van der Waals surface area contributed by atoms with E-state index in [0.29, 0.717) is 30.6 Å². The summed E-state index contributed by atoms with van der Waals surface area (Å²) in [5.74, 6) is -1.64. The average molecular weight is 605 g/mol. The molecule has 42 heavy (non-hydrogen) atoms. The van der Waals surface area contributed by atoms with E-state index in [-0.39, 0.29) is 23.5 Å². The van der Waals surface area contributed by atoms with Crippen LogP contribution in [0.3, 0.4) is 0 Å². The summed E-state index contributed by atoms with van der Waals surface area (Å²) in [4.78, 5) is 19.8. The summed E-state index contributed by atoms with van der Waals surface area (Å²) >= 11 is 0. The van der Waals surface area contributed by atoms with Gasteiger partial charge in [-0.05, 0) is 48.2 Å². The van der Waals surface area contributed by atoms with E-state index in [1.807, 2.05) is 30.3 Å². The summed E-state index contributed by atoms with van der Waals surface area (Å²) in [6.07, 6.45) is -4.42. The van der Waals surface area contributed by atoms with Gasteiger partial charge < -0.3 is 14.1 Å². The Kier molecular flexibility index (Phi) is 9.48. The van der Waals surface area contributed by atoms with E-state index in [1.54, 1.807) is 24.3 Å². The molecule has 8 nitrogen and oxygen atoms in total. The summed E-state index contributed by atoms with van der Waals surface area (Å²) in [7, 11) is -1.98. The average Bonchev–Trinajstić information content (AvgIpc) is 3.58. The zero-order valence-electron chi connectivity index (χ0n) is 24.7. The Morgan fingerprint density at radius 2 is 1.88 bits per heavy atom. The zero-order chi connectivity index (χ0) is 30.7. The first kappa shape index (κ1) is 31.7. The molecule has 0 unspecified atom stereocenters. The third-order valence-electron chi connectivity index (χ3n) is 8.23. The van der Waals surface area contributed by atoms with E-state index in [9.17, 15) is 23.1 Å². The van der Waals surface area contributed by atoms with Gasteiger partial charge in [0.15, 0.2) is 8.32 Å². The van der Waals surface area contributed by atoms with Crippen molar-refractivity contribution in [2.24, 2.45) is 0 Å². The summed E-state index contributed by atoms with van der Waals surface area (Å²) in [5, 5.41) is 13.9. The van der Waals surface area contributed by atoms with Crippen LogP contribution in [0, 0.1) is 0 Å². The fourth-order valence-electron chi connectivity index (χ4n) is 4.90. The Bertz CT molecular complexity index is 1340. The maximum absolute atomic E-state index is 13.1. The first-order chi connectivity index (χ1) is 19.6. The summed E-state index contributed by atoms with van der Waals surface area (Å²) in [5.41, 5.74) is 1.95. The van der Waals surface area contributed by atoms with Crippen molar-refractivity contribution in [1.82, 2.24) is 19.9 Å². The molecule has 0 radical (unpaired) electrons. The summed E-state index contributed by atoms with van der Waals surface area (Å²) in [6.45, 7) is 13.1. The Labute approximate surface area is 245 Å². The first-order valence-electron chi connectivity index (χ1n) is 14.1. The fourth-order valence-corrected chi connectivity index (χ4v) is 6.28. The second kappa shape index (κ2) is 12.6. The predicted octanol–water partition coefficient (Wildman–Crippen LogP) is 7.12. The predicted molar refractivity (Wildman–Crippen MR) is 155 cm³/mol. The molecule has 1 N–H and O–H groups in total. The van der Waals surface area contributed by atoms with Crippen LogP contribution in [0.2, 0.25) is 18.1 Å². The maximum atomic E-state index is 13.1. The van der Waals surface area contributed by atoms with Crippen LogP contribution < -0.4 is 0 Å². The van der Waals surface area contributed by atoms with Crippen LogP contribution in [-0.4, -0.2) is 71.7 Å². The van der Waals surface area contributed by atoms with E-state index >= 15 is 0 Å². The number of hydrogen-bond acceptors (Lipinski definition) is 6. The van der Waals surface area contributed by atoms with E-state index in [0.717, 1.165) is 18.5 Å². The first-order valence-corrected chi connectivity index (χ1v) is 17.0. The van der Waals surface area contributed by atoms with Gasteiger partial charge in [0.05, 0.1) is 12.1 Å². The van der Waals surface area contributed by atoms with Crippen LogP contribution in [0.1, 0.15) is 50.3 Å². The number of likely N-dealkylation sites (tertiary alicyclic amines) is 1. The summed E-state index contributed by atoms with van der Waals surface area (Å²) in [6, 6.07) is 15.7. The maximum Gasteiger partial charge on any atom is 0.471 e. The molecule has 1 saturated heterocycles. The molecule has 1 aliphatic rings. The van der Waals surface area contributed by atoms with Gasteiger partial charge in [0.1, 0.15) is 0 Å². The molecule has 1 aliphatic heterocycles. The minimum Gasteiger partial charge on any atom is -0.465 e. The van der Waals surface area contributed by atoms with Gasteiger partial charge in [-0.2, -0.15) is 18.2 Å². The lowest BCUT2D eigenvalue weighted by molar-refractivity contribution is -0.159. The van der Waals surface area contributed by atoms with Gasteiger partial charge in [0, 0.05) is 31.7 Å². The quantitative estimate of drug-likeness (QED) is 0.247. The number of hydrogen-bond donors (Lipinski definition) is 1. The molecular formula is C30H39F3N4O4Si. The number of aromatic nitrogens is 2. The Morgan fingerprint density at radius 3 is 2.50 bits per heavy atom. The van der Waals surface area contributed by atoms with Crippen molar-refractivity contribution in [3.05, 3.63) is 71.6 Å². The van der Waals surface area contributed by atoms with E-state index in [1.165, 1.54) is 4.90 Å². The lowest BCUT2D eigenvalue weighted by atomic mass is 10.0. The Balaban J connectivity index is 1.61. The molecule has 12 heteroatoms. The number of carboxylic acid groups (broad SMARTS) is 1. The smallest absolute Gasteiger partial charge is 0.465 e. The van der Waals surface area contributed by atoms with Crippen molar-refractivity contribution in [3.8, 4) is 11.4 Å². The second-order valence-corrected chi connectivity index (χ2v) is 17.1. The zero-order valence-corrected chi connectivity index (χ0v) is 25.7. The topological polar surface area (TPSA) is 91.9 Å². The largest absolute Gasteiger partial charge is 0.471 e. The molecule has 0 saturated carbocycles. The fraction of sp³-hybridized carbons (Fsp3) is 0.500. The van der Waals surface area contributed by atoms with Gasteiger partial charge in [0.25, 0.3) is 0 Å². The number of benzene rings is 2. The number of rotatable bonds is 10. The highest BCUT2D eigenvalue weighted by molar-refractivity contribution is 6.74. The van der Waals surface area contributed by atoms with E-state index < -0.39 is 32.5 Å². The van der Waals surface area contributed by atoms with Crippen molar-refractivity contribution < 1.29 is 32.0 Å². The lowest BCUT2D eigenvalue weighted by Crippen LogP contribution is -2.45. The number of amides is 1. The molecule has 0 bridgehead atoms. The molecule has 1 fully saturated rings. The van der Waals surface area contributed by atoms with E-state index in [4.69, 9.17) is 4.43 Å². The molecule has 4 rings (SSSR count). The van der Waals surface area contributed by atoms with Gasteiger partial charge in [-0.3, -0.25) is 9.80 Å². The SMILES string of the molecule is CC(C)(C)[Si](C)(C)O[C@H]1CCN(C[C@H](c2cccc(-c3noc(C(F)(F)F)n3)c2)N(CCc2ccccc2)C(=O)O)C1. The minimum atomic E-state index is -4.76. The third kappa shape index (κ3) is 7.78. The van der Waals surface area contributed by atoms with E-state index in [2.05, 4.69) is 53.4 Å². The molecule has 2 atom stereocenters. The van der Waals surface area contributed by atoms with Gasteiger partial charge in [-0.25, -0.2) is 4.79 Å². The molecular weight excluding hydrogens is 565 g/mol. The van der Waals surface area contributed by atoms with Crippen molar-refractivity contribution in [1.29, 1.82) is 0 Å². The van der Waals surface area contributed by atoms with Crippen molar-refractivity contribution in [2.75, 3.05) is 26.2 Å². The highest BCUT2D eigenvalue weighted by atomic mass is 28.4. The molecule has 0 aliphatic carbocycles. The third-order valence-corrected chi connectivity index (χ3v) is 12.8. The molecule has 0 spiro atoms. The van der Waals surface area contributed by atoms with Crippen LogP contribution in [-0.2, 0) is 17.0 Å². The van der Waals surface area contributed by atoms with Crippen molar-refractivity contribution in [3.63, 3.8) is 0 Å². The number of halogens is 3. The van der Waals surface area contributed by atoms with Crippen LogP contribution in [0.15, 0.2) is 59.1 Å². The molecule has 1 amide bonds. The molecule has 228 valence electrons. The minimum absolute atomic E-state index is 0.0561.